The Bertz CT molecular complexity index is 1470. The second kappa shape index (κ2) is 6.42. The molecule has 5 aromatic rings. The number of imidazole rings is 1. The molecule has 5 rings (SSSR count). The molecule has 0 atom stereocenters. The fraction of sp³-hybridized carbons (Fsp3) is 0.0500. The largest absolute Gasteiger partial charge is 0.345 e. The number of sulfonamides is 1. The molecule has 0 aliphatic carbocycles. The molecule has 0 saturated carbocycles. The summed E-state index contributed by atoms with van der Waals surface area (Å²) in [5.41, 5.74) is 7.05. The molecule has 0 spiro atoms. The van der Waals surface area contributed by atoms with E-state index < -0.39 is 10.0 Å². The van der Waals surface area contributed by atoms with Crippen LogP contribution in [-0.4, -0.2) is 39.6 Å². The first kappa shape index (κ1) is 17.4. The number of aromatic amines is 2. The van der Waals surface area contributed by atoms with Gasteiger partial charge in [0.05, 0.1) is 35.5 Å². The van der Waals surface area contributed by atoms with Gasteiger partial charge in [-0.25, -0.2) is 23.4 Å². The quantitative estimate of drug-likeness (QED) is 0.424. The van der Waals surface area contributed by atoms with Crippen LogP contribution in [0.1, 0.15) is 0 Å². The highest BCUT2D eigenvalue weighted by atomic mass is 32.2. The van der Waals surface area contributed by atoms with Gasteiger partial charge in [-0.15, -0.1) is 0 Å². The number of fused-ring (bicyclic) bond motifs is 2. The fourth-order valence-corrected chi connectivity index (χ4v) is 3.86. The molecule has 3 heterocycles. The highest BCUT2D eigenvalue weighted by molar-refractivity contribution is 7.92. The molecule has 144 valence electrons. The Hall–Kier alpha value is -3.72. The van der Waals surface area contributed by atoms with Gasteiger partial charge < -0.3 is 9.97 Å². The minimum atomic E-state index is -3.36. The second-order valence-electron chi connectivity index (χ2n) is 6.74. The van der Waals surface area contributed by atoms with Crippen molar-refractivity contribution in [2.45, 2.75) is 0 Å². The number of hydrogen-bond acceptors (Lipinski definition) is 5. The molecule has 0 unspecified atom stereocenters. The first-order valence-electron chi connectivity index (χ1n) is 8.82. The summed E-state index contributed by atoms with van der Waals surface area (Å²) in [6.07, 6.45) is 6.33. The standard InChI is InChI=1S/C20H16N6O2S/c1-29(27,28)26-14-4-2-3-13(7-14)18-10-22-20-19(25-18)15(9-21-20)12-5-6-16-17(8-12)24-11-23-16/h2-11,26H,1H3,(H,21,22)(H,23,24). The van der Waals surface area contributed by atoms with Gasteiger partial charge >= 0.3 is 0 Å². The monoisotopic (exact) mass is 404 g/mol. The van der Waals surface area contributed by atoms with Gasteiger partial charge in [-0.3, -0.25) is 4.72 Å². The van der Waals surface area contributed by atoms with Crippen LogP contribution in [0.4, 0.5) is 5.69 Å². The van der Waals surface area contributed by atoms with Crippen molar-refractivity contribution in [2.75, 3.05) is 11.0 Å². The van der Waals surface area contributed by atoms with Crippen molar-refractivity contribution in [3.63, 3.8) is 0 Å². The zero-order valence-corrected chi connectivity index (χ0v) is 16.2. The Morgan fingerprint density at radius 1 is 1.00 bits per heavy atom. The normalized spacial score (nSPS) is 11.9. The third kappa shape index (κ3) is 3.32. The van der Waals surface area contributed by atoms with E-state index in [4.69, 9.17) is 4.98 Å². The minimum absolute atomic E-state index is 0.477. The topological polar surface area (TPSA) is 116 Å². The molecule has 0 aliphatic rings. The van der Waals surface area contributed by atoms with Crippen LogP contribution in [0.3, 0.4) is 0 Å². The average Bonchev–Trinajstić information content (AvgIpc) is 3.32. The van der Waals surface area contributed by atoms with Crippen LogP contribution < -0.4 is 4.72 Å². The van der Waals surface area contributed by atoms with Crippen LogP contribution in [0.15, 0.2) is 61.2 Å². The van der Waals surface area contributed by atoms with Gasteiger partial charge in [0, 0.05) is 23.0 Å². The zero-order chi connectivity index (χ0) is 20.0. The fourth-order valence-electron chi connectivity index (χ4n) is 3.31. The molecular weight excluding hydrogens is 388 g/mol. The lowest BCUT2D eigenvalue weighted by Crippen LogP contribution is -2.09. The molecule has 3 N–H and O–H groups in total. The van der Waals surface area contributed by atoms with Crippen LogP contribution in [0.2, 0.25) is 0 Å². The van der Waals surface area contributed by atoms with Crippen LogP contribution in [0.25, 0.3) is 44.6 Å². The molecular formula is C20H16N6O2S. The number of nitrogens with one attached hydrogen (secondary N) is 3. The summed E-state index contributed by atoms with van der Waals surface area (Å²) < 4.78 is 25.5. The predicted molar refractivity (Wildman–Crippen MR) is 113 cm³/mol. The Morgan fingerprint density at radius 3 is 2.76 bits per heavy atom. The van der Waals surface area contributed by atoms with Crippen molar-refractivity contribution in [2.24, 2.45) is 0 Å². The van der Waals surface area contributed by atoms with Crippen molar-refractivity contribution in [1.29, 1.82) is 0 Å². The molecule has 29 heavy (non-hydrogen) atoms. The summed E-state index contributed by atoms with van der Waals surface area (Å²) in [6.45, 7) is 0. The summed E-state index contributed by atoms with van der Waals surface area (Å²) in [5, 5.41) is 0. The average molecular weight is 404 g/mol. The Morgan fingerprint density at radius 2 is 1.90 bits per heavy atom. The number of rotatable bonds is 4. The first-order chi connectivity index (χ1) is 14.0. The summed E-state index contributed by atoms with van der Waals surface area (Å²) in [7, 11) is -3.36. The van der Waals surface area contributed by atoms with E-state index in [1.54, 1.807) is 30.7 Å². The van der Waals surface area contributed by atoms with Gasteiger partial charge in [0.1, 0.15) is 5.52 Å². The summed E-state index contributed by atoms with van der Waals surface area (Å²) in [4.78, 5) is 19.8. The third-order valence-electron chi connectivity index (χ3n) is 4.57. The number of H-pyrrole nitrogens is 2. The van der Waals surface area contributed by atoms with E-state index >= 15 is 0 Å². The SMILES string of the molecule is CS(=O)(=O)Nc1cccc(-c2cnc3[nH]cc(-c4ccc5[nH]cnc5c4)c3n2)c1. The molecule has 9 heteroatoms. The smallest absolute Gasteiger partial charge is 0.229 e. The van der Waals surface area contributed by atoms with E-state index in [1.807, 2.05) is 30.5 Å². The number of anilines is 1. The van der Waals surface area contributed by atoms with Gasteiger partial charge in [-0.05, 0) is 29.8 Å². The van der Waals surface area contributed by atoms with E-state index in [9.17, 15) is 8.42 Å². The maximum Gasteiger partial charge on any atom is 0.229 e. The Labute approximate surface area is 166 Å². The number of aromatic nitrogens is 5. The summed E-state index contributed by atoms with van der Waals surface area (Å²) in [6, 6.07) is 13.1. The summed E-state index contributed by atoms with van der Waals surface area (Å²) in [5.74, 6) is 0. The number of benzene rings is 2. The van der Waals surface area contributed by atoms with Gasteiger partial charge in [-0.1, -0.05) is 18.2 Å². The maximum atomic E-state index is 11.5. The van der Waals surface area contributed by atoms with Gasteiger partial charge in [0.25, 0.3) is 0 Å². The molecule has 0 saturated heterocycles. The Kier molecular flexibility index (Phi) is 3.85. The lowest BCUT2D eigenvalue weighted by atomic mass is 10.1. The number of nitrogens with zero attached hydrogens (tertiary/aromatic N) is 3. The van der Waals surface area contributed by atoms with Crippen molar-refractivity contribution in [3.05, 3.63) is 61.2 Å². The van der Waals surface area contributed by atoms with Crippen LogP contribution in [-0.2, 0) is 10.0 Å². The van der Waals surface area contributed by atoms with E-state index in [0.29, 0.717) is 17.0 Å². The van der Waals surface area contributed by atoms with Crippen LogP contribution in [0, 0.1) is 0 Å². The van der Waals surface area contributed by atoms with Gasteiger partial charge in [-0.2, -0.15) is 0 Å². The van der Waals surface area contributed by atoms with Crippen molar-refractivity contribution in [1.82, 2.24) is 24.9 Å². The van der Waals surface area contributed by atoms with E-state index in [-0.39, 0.29) is 0 Å². The molecule has 0 radical (unpaired) electrons. The molecule has 2 aromatic carbocycles. The molecule has 0 aliphatic heterocycles. The van der Waals surface area contributed by atoms with E-state index in [0.717, 1.165) is 39.5 Å². The first-order valence-corrected chi connectivity index (χ1v) is 10.7. The van der Waals surface area contributed by atoms with Crippen molar-refractivity contribution in [3.8, 4) is 22.4 Å². The minimum Gasteiger partial charge on any atom is -0.345 e. The third-order valence-corrected chi connectivity index (χ3v) is 5.18. The van der Waals surface area contributed by atoms with Crippen molar-refractivity contribution < 1.29 is 8.42 Å². The van der Waals surface area contributed by atoms with Gasteiger partial charge in [0.2, 0.25) is 10.0 Å². The number of hydrogen-bond donors (Lipinski definition) is 3. The van der Waals surface area contributed by atoms with E-state index in [1.165, 1.54) is 0 Å². The highest BCUT2D eigenvalue weighted by Crippen LogP contribution is 2.30. The molecule has 0 bridgehead atoms. The van der Waals surface area contributed by atoms with Gasteiger partial charge in [0.15, 0.2) is 5.65 Å². The van der Waals surface area contributed by atoms with Crippen molar-refractivity contribution >= 4 is 37.9 Å². The highest BCUT2D eigenvalue weighted by Gasteiger charge is 2.12. The van der Waals surface area contributed by atoms with E-state index in [2.05, 4.69) is 24.7 Å². The lowest BCUT2D eigenvalue weighted by Gasteiger charge is -2.07. The second-order valence-corrected chi connectivity index (χ2v) is 8.49. The lowest BCUT2D eigenvalue weighted by molar-refractivity contribution is 0.607. The Balaban J connectivity index is 1.60. The predicted octanol–water partition coefficient (Wildman–Crippen LogP) is 3.54. The molecule has 8 nitrogen and oxygen atoms in total. The molecule has 0 fully saturated rings. The van der Waals surface area contributed by atoms with Crippen LogP contribution >= 0.6 is 0 Å². The zero-order valence-electron chi connectivity index (χ0n) is 15.3. The maximum absolute atomic E-state index is 11.5. The molecule has 0 amide bonds. The summed E-state index contributed by atoms with van der Waals surface area (Å²) >= 11 is 0. The van der Waals surface area contributed by atoms with Crippen LogP contribution in [0.5, 0.6) is 0 Å². The molecule has 3 aromatic heterocycles.